The molecule has 0 saturated heterocycles. The van der Waals surface area contributed by atoms with E-state index in [0.717, 1.165) is 136 Å². The Bertz CT molecular complexity index is 2090. The summed E-state index contributed by atoms with van der Waals surface area (Å²) in [7, 11) is 0. The van der Waals surface area contributed by atoms with E-state index >= 15 is 0 Å². The van der Waals surface area contributed by atoms with Gasteiger partial charge in [-0.2, -0.15) is 0 Å². The van der Waals surface area contributed by atoms with E-state index < -0.39 is 0 Å². The Kier molecular flexibility index (Phi) is 28.6. The first kappa shape index (κ1) is 67.3. The van der Waals surface area contributed by atoms with Gasteiger partial charge in [0, 0.05) is 0 Å². The number of fused-ring (bicyclic) bond motifs is 16. The smallest absolute Gasteiger partial charge is 0.0199 e. The van der Waals surface area contributed by atoms with Crippen molar-refractivity contribution in [2.75, 3.05) is 0 Å². The second kappa shape index (κ2) is 36.1. The van der Waals surface area contributed by atoms with Crippen molar-refractivity contribution < 1.29 is 0 Å². The van der Waals surface area contributed by atoms with Gasteiger partial charge in [-0.3, -0.25) is 0 Å². The molecule has 0 nitrogen and oxygen atoms in total. The molecule has 85 heavy (non-hydrogen) atoms. The van der Waals surface area contributed by atoms with Gasteiger partial charge in [0.2, 0.25) is 0 Å². The third kappa shape index (κ3) is 20.7. The van der Waals surface area contributed by atoms with Gasteiger partial charge in [-0.05, 0) is 271 Å². The van der Waals surface area contributed by atoms with Gasteiger partial charge in [0.05, 0.1) is 0 Å². The van der Waals surface area contributed by atoms with E-state index in [-0.39, 0.29) is 0 Å². The first-order valence-corrected chi connectivity index (χ1v) is 39.2. The van der Waals surface area contributed by atoms with Crippen molar-refractivity contribution in [3.63, 3.8) is 0 Å². The minimum Gasteiger partial charge on any atom is -0.0851 e. The highest BCUT2D eigenvalue weighted by atomic mass is 14.4. The Balaban J connectivity index is 0.000000117. The lowest BCUT2D eigenvalue weighted by molar-refractivity contribution is 0.394. The number of rotatable bonds is 22. The van der Waals surface area contributed by atoms with Gasteiger partial charge in [-0.25, -0.2) is 0 Å². The Hall–Kier alpha value is -2.08. The van der Waals surface area contributed by atoms with E-state index in [1.54, 1.807) is 0 Å². The lowest BCUT2D eigenvalue weighted by atomic mass is 9.88. The van der Waals surface area contributed by atoms with E-state index in [0.29, 0.717) is 0 Å². The highest BCUT2D eigenvalue weighted by Crippen LogP contribution is 2.50. The van der Waals surface area contributed by atoms with Crippen LogP contribution >= 0.6 is 0 Å². The Morgan fingerprint density at radius 3 is 0.718 bits per heavy atom. The van der Waals surface area contributed by atoms with Crippen LogP contribution in [0.5, 0.6) is 0 Å². The standard InChI is InChI=1S/C15H26.C13H22.C12H20.C11H18.C10H16.C9H14.C8H12.C7H10/c1-2-3-4-5-6-7-8-14-11-13-9-10-15(14)12-13;1-2-3-4-5-6-12-9-11-7-8-13(12)10-11;1-2-3-4-5-11-8-10-6-7-12(11)9-10;1-2-3-4-10-7-9-5-6-11(10)8-9;1-2-3-9-6-8-4-5-10(9)7-8;1-2-8-5-7-3-4-9(8)6-7;1-6-4-7-2-3-8(6)5-7;1-2-7-4-3-6(1)5-7/h9-10,13-15H,2-8,11-12H2,1H3;7-8,11-13H,2-6,9-10H2,1H3;6-7,10-12H,2-5,8-9H2,1H3;5-6,9-11H,2-4,7-8H2,1H3;4-5,8-10H,2-3,6-7H2,1H3;3-4,7-9H,2,5-6H2,1H3;2-3,6-8H,4-5H2,1H3;1-2,6-7H,3-5H2. The summed E-state index contributed by atoms with van der Waals surface area (Å²) >= 11 is 0. The molecule has 16 rings (SSSR count). The molecule has 478 valence electrons. The average Bonchev–Trinajstić information content (AvgIpc) is 4.34. The van der Waals surface area contributed by atoms with Crippen LogP contribution in [-0.2, 0) is 0 Å². The summed E-state index contributed by atoms with van der Waals surface area (Å²) in [5.41, 5.74) is 0. The molecule has 0 aromatic carbocycles. The normalized spacial score (nSPS) is 40.4. The molecule has 23 unspecified atom stereocenters. The van der Waals surface area contributed by atoms with Crippen molar-refractivity contribution in [3.05, 3.63) is 97.2 Å². The van der Waals surface area contributed by atoms with Crippen molar-refractivity contribution in [1.82, 2.24) is 0 Å². The van der Waals surface area contributed by atoms with Gasteiger partial charge in [-0.1, -0.05) is 261 Å². The van der Waals surface area contributed by atoms with Crippen LogP contribution in [0, 0.1) is 136 Å². The van der Waals surface area contributed by atoms with Crippen LogP contribution in [-0.4, -0.2) is 0 Å². The molecule has 23 atom stereocenters. The van der Waals surface area contributed by atoms with Crippen LogP contribution in [0.25, 0.3) is 0 Å². The number of hydrogen-bond acceptors (Lipinski definition) is 0. The van der Waals surface area contributed by atoms with Crippen LogP contribution in [0.1, 0.15) is 299 Å². The van der Waals surface area contributed by atoms with Crippen LogP contribution in [0.15, 0.2) is 97.2 Å². The van der Waals surface area contributed by atoms with Crippen LogP contribution in [0.2, 0.25) is 0 Å². The molecule has 0 heterocycles. The van der Waals surface area contributed by atoms with Crippen molar-refractivity contribution in [2.45, 2.75) is 299 Å². The quantitative estimate of drug-likeness (QED) is 0.0749. The highest BCUT2D eigenvalue weighted by Gasteiger charge is 2.39. The number of hydrogen-bond donors (Lipinski definition) is 0. The molecule has 8 fully saturated rings. The average molecular weight is 1160 g/mol. The van der Waals surface area contributed by atoms with Crippen LogP contribution < -0.4 is 0 Å². The molecule has 0 heteroatoms. The number of unbranched alkanes of at least 4 members (excludes halogenated alkanes) is 11. The molecule has 0 amide bonds. The maximum atomic E-state index is 2.50. The zero-order valence-electron chi connectivity index (χ0n) is 57.1. The van der Waals surface area contributed by atoms with Gasteiger partial charge >= 0.3 is 0 Å². The summed E-state index contributed by atoms with van der Waals surface area (Å²) in [5, 5.41) is 0. The molecule has 8 saturated carbocycles. The molecule has 0 aromatic rings. The SMILES string of the molecule is C1=CC2CCC1C2.CC1CC2C=CC1C2.CCC1CC2C=CC1C2.CCCC1CC2C=CC1C2.CCCCC1CC2C=CC1C2.CCCCCC1CC2C=CC1C2.CCCCCCC1CC2C=CC1C2.CCCCCCCCC1CC2C=CC1C2. The largest absolute Gasteiger partial charge is 0.0851 e. The molecule has 0 aliphatic heterocycles. The second-order valence-corrected chi connectivity index (χ2v) is 32.5. The second-order valence-electron chi connectivity index (χ2n) is 32.5. The van der Waals surface area contributed by atoms with Gasteiger partial charge in [0.1, 0.15) is 0 Å². The van der Waals surface area contributed by atoms with E-state index in [1.807, 2.05) is 0 Å². The van der Waals surface area contributed by atoms with Gasteiger partial charge in [0.25, 0.3) is 0 Å². The lowest BCUT2D eigenvalue weighted by Gasteiger charge is -2.17. The monoisotopic (exact) mass is 1160 g/mol. The van der Waals surface area contributed by atoms with Crippen molar-refractivity contribution in [2.24, 2.45) is 136 Å². The van der Waals surface area contributed by atoms with Gasteiger partial charge in [0.15, 0.2) is 0 Å². The topological polar surface area (TPSA) is 0 Å². The van der Waals surface area contributed by atoms with Crippen LogP contribution in [0.4, 0.5) is 0 Å². The summed E-state index contributed by atoms with van der Waals surface area (Å²) in [4.78, 5) is 0. The summed E-state index contributed by atoms with van der Waals surface area (Å²) < 4.78 is 0. The van der Waals surface area contributed by atoms with Gasteiger partial charge in [-0.15, -0.1) is 0 Å². The predicted molar refractivity (Wildman–Crippen MR) is 373 cm³/mol. The first-order chi connectivity index (χ1) is 41.7. The van der Waals surface area contributed by atoms with E-state index in [1.165, 1.54) is 250 Å². The maximum absolute atomic E-state index is 2.50. The van der Waals surface area contributed by atoms with E-state index in [4.69, 9.17) is 0 Å². The zero-order chi connectivity index (χ0) is 59.2. The summed E-state index contributed by atoms with van der Waals surface area (Å²) in [6.07, 6.45) is 96.1. The molecule has 0 aromatic heterocycles. The molecular formula is C85H138. The Labute approximate surface area is 529 Å². The fourth-order valence-corrected chi connectivity index (χ4v) is 20.8. The molecular weight excluding hydrogens is 1020 g/mol. The zero-order valence-corrected chi connectivity index (χ0v) is 57.1. The highest BCUT2D eigenvalue weighted by molar-refractivity contribution is 5.14. The maximum Gasteiger partial charge on any atom is -0.0199 e. The van der Waals surface area contributed by atoms with Crippen LogP contribution in [0.3, 0.4) is 0 Å². The third-order valence-electron chi connectivity index (χ3n) is 25.9. The van der Waals surface area contributed by atoms with Gasteiger partial charge < -0.3 is 0 Å². The van der Waals surface area contributed by atoms with Crippen molar-refractivity contribution >= 4 is 0 Å². The number of allylic oxidation sites excluding steroid dienone is 16. The lowest BCUT2D eigenvalue weighted by Crippen LogP contribution is -2.06. The summed E-state index contributed by atoms with van der Waals surface area (Å²) in [6.45, 7) is 16.2. The molecule has 0 radical (unpaired) electrons. The third-order valence-corrected chi connectivity index (χ3v) is 25.9. The van der Waals surface area contributed by atoms with Crippen molar-refractivity contribution in [3.8, 4) is 0 Å². The molecule has 16 bridgehead atoms. The Morgan fingerprint density at radius 2 is 0.482 bits per heavy atom. The minimum absolute atomic E-state index is 0.958. The molecule has 0 spiro atoms. The van der Waals surface area contributed by atoms with Crippen molar-refractivity contribution in [1.29, 1.82) is 0 Å². The van der Waals surface area contributed by atoms with E-state index in [9.17, 15) is 0 Å². The molecule has 16 aliphatic carbocycles. The predicted octanol–water partition coefficient (Wildman–Crippen LogP) is 26.1. The van der Waals surface area contributed by atoms with E-state index in [2.05, 4.69) is 146 Å². The first-order valence-electron chi connectivity index (χ1n) is 39.2. The molecule has 16 aliphatic rings. The fourth-order valence-electron chi connectivity index (χ4n) is 20.8. The molecule has 0 N–H and O–H groups in total. The summed E-state index contributed by atoms with van der Waals surface area (Å²) in [5.74, 6) is 22.9. The fraction of sp³-hybridized carbons (Fsp3) is 0.812. The minimum atomic E-state index is 0.958. The summed E-state index contributed by atoms with van der Waals surface area (Å²) in [6, 6.07) is 0. The Morgan fingerprint density at radius 1 is 0.212 bits per heavy atom.